The summed E-state index contributed by atoms with van der Waals surface area (Å²) in [6.07, 6.45) is 2.08. The van der Waals surface area contributed by atoms with Gasteiger partial charge >= 0.3 is 0 Å². The topological polar surface area (TPSA) is 21.3 Å². The van der Waals surface area contributed by atoms with E-state index in [0.717, 1.165) is 18.6 Å². The second-order valence-corrected chi connectivity index (χ2v) is 6.92. The summed E-state index contributed by atoms with van der Waals surface area (Å²) in [5.74, 6) is 0.732. The number of ether oxygens (including phenoxy) is 1. The third-order valence-corrected chi connectivity index (χ3v) is 4.85. The highest BCUT2D eigenvalue weighted by Gasteiger charge is 2.25. The van der Waals surface area contributed by atoms with Gasteiger partial charge in [-0.25, -0.2) is 4.39 Å². The molecule has 2 aromatic rings. The van der Waals surface area contributed by atoms with Crippen molar-refractivity contribution in [2.75, 3.05) is 13.7 Å². The quantitative estimate of drug-likeness (QED) is 0.704. The maximum Gasteiger partial charge on any atom is 0.160 e. The lowest BCUT2D eigenvalue weighted by Gasteiger charge is -2.22. The highest BCUT2D eigenvalue weighted by atomic mass is 31.0. The molecule has 0 radical (unpaired) electrons. The molecule has 0 aliphatic carbocycles. The van der Waals surface area contributed by atoms with E-state index in [1.165, 1.54) is 16.7 Å². The maximum atomic E-state index is 14.9. The molecular weight excluding hydrogens is 320 g/mol. The van der Waals surface area contributed by atoms with Gasteiger partial charge in [0.2, 0.25) is 0 Å². The number of benzene rings is 2. The van der Waals surface area contributed by atoms with Gasteiger partial charge in [-0.3, -0.25) is 0 Å². The third kappa shape index (κ3) is 4.78. The van der Waals surface area contributed by atoms with Crippen LogP contribution in [0, 0.1) is 0 Å². The standard InChI is InChI=1S/C20H27FNOP/c1-4-16-7-6-15(12-17(16)5-2)13-22-14-20(21,24)18-8-10-19(23-3)11-9-18/h6-12,22H,4-5,13-14,24H2,1-3H3. The molecule has 0 aliphatic heterocycles. The number of aryl methyl sites for hydroxylation is 2. The van der Waals surface area contributed by atoms with Gasteiger partial charge in [0, 0.05) is 13.1 Å². The Morgan fingerprint density at radius 2 is 1.71 bits per heavy atom. The van der Waals surface area contributed by atoms with E-state index in [-0.39, 0.29) is 6.54 Å². The van der Waals surface area contributed by atoms with Gasteiger partial charge in [0.1, 0.15) is 5.75 Å². The molecule has 0 bridgehead atoms. The monoisotopic (exact) mass is 347 g/mol. The fourth-order valence-electron chi connectivity index (χ4n) is 2.82. The molecule has 0 aliphatic rings. The molecule has 0 fully saturated rings. The Bertz CT molecular complexity index is 655. The molecule has 0 spiro atoms. The predicted octanol–water partition coefficient (Wildman–Crippen LogP) is 4.61. The number of methoxy groups -OCH3 is 1. The summed E-state index contributed by atoms with van der Waals surface area (Å²) in [6, 6.07) is 13.6. The van der Waals surface area contributed by atoms with E-state index in [2.05, 4.69) is 46.6 Å². The van der Waals surface area contributed by atoms with Crippen molar-refractivity contribution < 1.29 is 9.13 Å². The van der Waals surface area contributed by atoms with E-state index in [1.54, 1.807) is 31.4 Å². The summed E-state index contributed by atoms with van der Waals surface area (Å²) in [7, 11) is 3.92. The summed E-state index contributed by atoms with van der Waals surface area (Å²) >= 11 is 0. The second-order valence-electron chi connectivity index (χ2n) is 6.00. The van der Waals surface area contributed by atoms with Crippen LogP contribution in [-0.2, 0) is 24.8 Å². The van der Waals surface area contributed by atoms with Crippen molar-refractivity contribution in [1.29, 1.82) is 0 Å². The molecule has 4 heteroatoms. The van der Waals surface area contributed by atoms with Crippen molar-refractivity contribution in [3.8, 4) is 5.75 Å². The zero-order valence-corrected chi connectivity index (χ0v) is 15.9. The van der Waals surface area contributed by atoms with Crippen LogP contribution in [-0.4, -0.2) is 13.7 Å². The summed E-state index contributed by atoms with van der Waals surface area (Å²) in [5.41, 5.74) is 4.59. The lowest BCUT2D eigenvalue weighted by atomic mass is 10.00. The van der Waals surface area contributed by atoms with Gasteiger partial charge in [0.25, 0.3) is 0 Å². The summed E-state index contributed by atoms with van der Waals surface area (Å²) in [4.78, 5) is 0. The average Bonchev–Trinajstić information content (AvgIpc) is 2.61. The van der Waals surface area contributed by atoms with Crippen LogP contribution in [0.2, 0.25) is 0 Å². The van der Waals surface area contributed by atoms with E-state index < -0.39 is 5.41 Å². The van der Waals surface area contributed by atoms with E-state index >= 15 is 0 Å². The number of halogens is 1. The van der Waals surface area contributed by atoms with Crippen LogP contribution < -0.4 is 10.1 Å². The van der Waals surface area contributed by atoms with Crippen LogP contribution in [0.15, 0.2) is 42.5 Å². The highest BCUT2D eigenvalue weighted by Crippen LogP contribution is 2.33. The van der Waals surface area contributed by atoms with E-state index in [1.807, 2.05) is 0 Å². The zero-order valence-electron chi connectivity index (χ0n) is 14.7. The molecule has 0 amide bonds. The molecule has 0 saturated heterocycles. The summed E-state index contributed by atoms with van der Waals surface area (Å²) in [6.45, 7) is 5.24. The van der Waals surface area contributed by atoms with Crippen LogP contribution in [0.25, 0.3) is 0 Å². The van der Waals surface area contributed by atoms with Gasteiger partial charge < -0.3 is 10.1 Å². The Morgan fingerprint density at radius 1 is 1.04 bits per heavy atom. The fraction of sp³-hybridized carbons (Fsp3) is 0.400. The van der Waals surface area contributed by atoms with Crippen LogP contribution >= 0.6 is 9.24 Å². The lowest BCUT2D eigenvalue weighted by molar-refractivity contribution is 0.280. The number of nitrogens with one attached hydrogen (secondary N) is 1. The maximum absolute atomic E-state index is 14.9. The van der Waals surface area contributed by atoms with Gasteiger partial charge in [0.05, 0.1) is 7.11 Å². The molecule has 2 rings (SSSR count). The molecule has 2 unspecified atom stereocenters. The third-order valence-electron chi connectivity index (χ3n) is 4.31. The highest BCUT2D eigenvalue weighted by molar-refractivity contribution is 7.18. The Labute approximate surface area is 147 Å². The summed E-state index contributed by atoms with van der Waals surface area (Å²) < 4.78 is 20.0. The van der Waals surface area contributed by atoms with Crippen LogP contribution in [0.5, 0.6) is 5.75 Å². The number of alkyl halides is 1. The molecule has 24 heavy (non-hydrogen) atoms. The predicted molar refractivity (Wildman–Crippen MR) is 102 cm³/mol. The van der Waals surface area contributed by atoms with E-state index in [0.29, 0.717) is 12.1 Å². The Balaban J connectivity index is 1.97. The lowest BCUT2D eigenvalue weighted by Crippen LogP contribution is -2.29. The van der Waals surface area contributed by atoms with Gasteiger partial charge in [-0.15, -0.1) is 0 Å². The molecule has 0 heterocycles. The SMILES string of the molecule is CCc1ccc(CNCC(F)(P)c2ccc(OC)cc2)cc1CC. The Hall–Kier alpha value is -1.44. The van der Waals surface area contributed by atoms with Crippen molar-refractivity contribution in [1.82, 2.24) is 5.32 Å². The first kappa shape index (κ1) is 18.9. The molecule has 2 nitrogen and oxygen atoms in total. The molecule has 1 N–H and O–H groups in total. The molecule has 0 aromatic heterocycles. The van der Waals surface area contributed by atoms with Crippen LogP contribution in [0.3, 0.4) is 0 Å². The fourth-order valence-corrected chi connectivity index (χ4v) is 3.16. The molecule has 2 aromatic carbocycles. The van der Waals surface area contributed by atoms with Gasteiger partial charge in [-0.1, -0.05) is 53.4 Å². The first-order chi connectivity index (χ1) is 11.5. The number of rotatable bonds is 8. The Kier molecular flexibility index (Phi) is 6.77. The summed E-state index contributed by atoms with van der Waals surface area (Å²) in [5, 5.41) is 1.73. The van der Waals surface area contributed by atoms with Crippen molar-refractivity contribution in [3.05, 3.63) is 64.7 Å². The van der Waals surface area contributed by atoms with Crippen LogP contribution in [0.1, 0.15) is 36.1 Å². The van der Waals surface area contributed by atoms with Crippen LogP contribution in [0.4, 0.5) is 4.39 Å². The molecule has 0 saturated carbocycles. The van der Waals surface area contributed by atoms with E-state index in [4.69, 9.17) is 4.74 Å². The molecule has 2 atom stereocenters. The number of hydrogen-bond donors (Lipinski definition) is 1. The minimum atomic E-state index is -1.50. The molecular formula is C20H27FNOP. The minimum Gasteiger partial charge on any atom is -0.497 e. The van der Waals surface area contributed by atoms with Gasteiger partial charge in [-0.05, 0) is 47.2 Å². The average molecular weight is 347 g/mol. The first-order valence-electron chi connectivity index (χ1n) is 8.43. The normalized spacial score (nSPS) is 13.5. The van der Waals surface area contributed by atoms with Crippen molar-refractivity contribution in [2.24, 2.45) is 0 Å². The van der Waals surface area contributed by atoms with Gasteiger partial charge in [-0.2, -0.15) is 0 Å². The molecule has 130 valence electrons. The minimum absolute atomic E-state index is 0.237. The largest absolute Gasteiger partial charge is 0.497 e. The van der Waals surface area contributed by atoms with Crippen molar-refractivity contribution >= 4 is 9.24 Å². The smallest absolute Gasteiger partial charge is 0.160 e. The van der Waals surface area contributed by atoms with Crippen molar-refractivity contribution in [2.45, 2.75) is 38.6 Å². The first-order valence-corrected chi connectivity index (χ1v) is 9.01. The zero-order chi connectivity index (χ0) is 17.6. The van der Waals surface area contributed by atoms with E-state index in [9.17, 15) is 4.39 Å². The Morgan fingerprint density at radius 3 is 2.29 bits per heavy atom. The van der Waals surface area contributed by atoms with Gasteiger partial charge in [0.15, 0.2) is 5.41 Å². The second kappa shape index (κ2) is 8.60. The number of hydrogen-bond acceptors (Lipinski definition) is 2. The van der Waals surface area contributed by atoms with Crippen molar-refractivity contribution in [3.63, 3.8) is 0 Å².